The fraction of sp³-hybridized carbons (Fsp3) is 0.417. The number of hydrogen-bond acceptors (Lipinski definition) is 6. The number of H-pyrrole nitrogens is 2. The van der Waals surface area contributed by atoms with Crippen LogP contribution in [0.25, 0.3) is 22.1 Å². The number of fused-ring (bicyclic) bond motifs is 2. The summed E-state index contributed by atoms with van der Waals surface area (Å²) in [5.74, 6) is 2.06. The van der Waals surface area contributed by atoms with Crippen LogP contribution in [-0.2, 0) is 13.1 Å². The smallest absolute Gasteiger partial charge is 0.121 e. The molecule has 1 aliphatic heterocycles. The van der Waals surface area contributed by atoms with Crippen LogP contribution in [0.15, 0.2) is 48.5 Å². The first-order valence-electron chi connectivity index (χ1n) is 11.6. The lowest BCUT2D eigenvalue weighted by molar-refractivity contribution is 0.186. The van der Waals surface area contributed by atoms with Gasteiger partial charge in [0.2, 0.25) is 0 Å². The van der Waals surface area contributed by atoms with Gasteiger partial charge in [0, 0.05) is 52.4 Å². The van der Waals surface area contributed by atoms with Gasteiger partial charge in [-0.1, -0.05) is 24.3 Å². The van der Waals surface area contributed by atoms with Gasteiger partial charge in [0.15, 0.2) is 0 Å². The lowest BCUT2D eigenvalue weighted by atomic mass is 10.3. The Balaban J connectivity index is 1.27. The summed E-state index contributed by atoms with van der Waals surface area (Å²) in [6.45, 7) is 9.55. The lowest BCUT2D eigenvalue weighted by Crippen LogP contribution is -2.43. The van der Waals surface area contributed by atoms with Crippen molar-refractivity contribution < 1.29 is 0 Å². The highest BCUT2D eigenvalue weighted by Gasteiger charge is 2.14. The van der Waals surface area contributed by atoms with Crippen molar-refractivity contribution in [3.8, 4) is 0 Å². The van der Waals surface area contributed by atoms with Crippen molar-refractivity contribution in [2.75, 3.05) is 52.4 Å². The second-order valence-corrected chi connectivity index (χ2v) is 8.45. The molecule has 0 amide bonds. The molecule has 1 fully saturated rings. The average Bonchev–Trinajstić information content (AvgIpc) is 3.40. The predicted octanol–water partition coefficient (Wildman–Crippen LogP) is 1.94. The van der Waals surface area contributed by atoms with Crippen molar-refractivity contribution in [3.63, 3.8) is 0 Å². The highest BCUT2D eigenvalue weighted by Crippen LogP contribution is 2.13. The summed E-state index contributed by atoms with van der Waals surface area (Å²) in [5.41, 5.74) is 4.28. The Morgan fingerprint density at radius 3 is 1.53 bits per heavy atom. The Kier molecular flexibility index (Phi) is 6.74. The number of rotatable bonds is 4. The third-order valence-corrected chi connectivity index (χ3v) is 6.04. The molecule has 8 heteroatoms. The first kappa shape index (κ1) is 21.1. The van der Waals surface area contributed by atoms with Gasteiger partial charge in [-0.25, -0.2) is 9.97 Å². The molecular weight excluding hydrogens is 400 g/mol. The maximum absolute atomic E-state index is 4.79. The molecule has 0 saturated carbocycles. The Morgan fingerprint density at radius 1 is 0.594 bits per heavy atom. The van der Waals surface area contributed by atoms with Gasteiger partial charge in [-0.3, -0.25) is 9.80 Å². The lowest BCUT2D eigenvalue weighted by Gasteiger charge is -2.28. The summed E-state index contributed by atoms with van der Waals surface area (Å²) in [7, 11) is 0. The van der Waals surface area contributed by atoms with E-state index in [1.165, 1.54) is 0 Å². The molecule has 0 radical (unpaired) electrons. The quantitative estimate of drug-likeness (QED) is 0.394. The van der Waals surface area contributed by atoms with Crippen LogP contribution >= 0.6 is 0 Å². The topological polar surface area (TPSA) is 87.9 Å². The molecule has 0 bridgehead atoms. The number of aromatic amines is 2. The molecule has 2 aromatic heterocycles. The van der Waals surface area contributed by atoms with E-state index in [0.29, 0.717) is 0 Å². The summed E-state index contributed by atoms with van der Waals surface area (Å²) in [6.07, 6.45) is 0. The molecule has 5 rings (SSSR count). The van der Waals surface area contributed by atoms with Crippen LogP contribution in [0.4, 0.5) is 0 Å². The van der Waals surface area contributed by atoms with E-state index in [4.69, 9.17) is 9.97 Å². The van der Waals surface area contributed by atoms with Crippen LogP contribution in [0.1, 0.15) is 11.6 Å². The number of hydrogen-bond donors (Lipinski definition) is 4. The van der Waals surface area contributed by atoms with Crippen molar-refractivity contribution in [2.45, 2.75) is 13.1 Å². The zero-order valence-corrected chi connectivity index (χ0v) is 18.5. The molecule has 168 valence electrons. The molecule has 0 aliphatic carbocycles. The number of imidazole rings is 2. The maximum Gasteiger partial charge on any atom is 0.121 e. The zero-order valence-electron chi connectivity index (χ0n) is 18.5. The second kappa shape index (κ2) is 10.2. The number of benzene rings is 2. The molecule has 4 N–H and O–H groups in total. The molecule has 2 aromatic carbocycles. The van der Waals surface area contributed by atoms with E-state index in [-0.39, 0.29) is 0 Å². The molecule has 4 aromatic rings. The van der Waals surface area contributed by atoms with Crippen molar-refractivity contribution in [1.29, 1.82) is 0 Å². The van der Waals surface area contributed by atoms with Crippen LogP contribution in [0.2, 0.25) is 0 Å². The third-order valence-electron chi connectivity index (χ3n) is 6.04. The van der Waals surface area contributed by atoms with E-state index in [2.05, 4.69) is 66.8 Å². The number of aromatic nitrogens is 4. The van der Waals surface area contributed by atoms with Gasteiger partial charge in [-0.2, -0.15) is 0 Å². The summed E-state index contributed by atoms with van der Waals surface area (Å²) in [4.78, 5) is 21.5. The minimum atomic E-state index is 0.826. The van der Waals surface area contributed by atoms with E-state index in [0.717, 1.165) is 99.2 Å². The van der Waals surface area contributed by atoms with E-state index >= 15 is 0 Å². The van der Waals surface area contributed by atoms with Crippen LogP contribution in [-0.4, -0.2) is 82.1 Å². The van der Waals surface area contributed by atoms with E-state index in [1.807, 2.05) is 12.1 Å². The van der Waals surface area contributed by atoms with Crippen molar-refractivity contribution in [1.82, 2.24) is 40.4 Å². The number of nitrogens with one attached hydrogen (secondary N) is 4. The fourth-order valence-electron chi connectivity index (χ4n) is 4.31. The standard InChI is InChI=1S/C24H32N8/c1-2-6-20-19(5-1)27-23(28-20)17-31-13-11-25-9-10-26-12-14-32(16-15-31)18-24-29-21-7-3-4-8-22(21)30-24/h1-8,25-26H,9-18H2,(H,27,28)(H,29,30). The first-order chi connectivity index (χ1) is 15.8. The Bertz CT molecular complexity index is 977. The van der Waals surface area contributed by atoms with Crippen molar-refractivity contribution >= 4 is 22.1 Å². The summed E-state index contributed by atoms with van der Waals surface area (Å²) in [5, 5.41) is 7.10. The molecule has 32 heavy (non-hydrogen) atoms. The monoisotopic (exact) mass is 432 g/mol. The molecule has 3 heterocycles. The Morgan fingerprint density at radius 2 is 1.06 bits per heavy atom. The van der Waals surface area contributed by atoms with Gasteiger partial charge in [0.1, 0.15) is 11.6 Å². The van der Waals surface area contributed by atoms with Gasteiger partial charge in [-0.05, 0) is 24.3 Å². The first-order valence-corrected chi connectivity index (χ1v) is 11.6. The van der Waals surface area contributed by atoms with Crippen LogP contribution in [0, 0.1) is 0 Å². The van der Waals surface area contributed by atoms with Gasteiger partial charge in [0.25, 0.3) is 0 Å². The highest BCUT2D eigenvalue weighted by molar-refractivity contribution is 5.75. The predicted molar refractivity (Wildman–Crippen MR) is 128 cm³/mol. The van der Waals surface area contributed by atoms with E-state index in [9.17, 15) is 0 Å². The van der Waals surface area contributed by atoms with Gasteiger partial charge in [0.05, 0.1) is 35.2 Å². The molecule has 8 nitrogen and oxygen atoms in total. The summed E-state index contributed by atoms with van der Waals surface area (Å²) in [6, 6.07) is 16.5. The second-order valence-electron chi connectivity index (χ2n) is 8.45. The van der Waals surface area contributed by atoms with E-state index < -0.39 is 0 Å². The number of nitrogens with zero attached hydrogens (tertiary/aromatic N) is 4. The largest absolute Gasteiger partial charge is 0.341 e. The minimum absolute atomic E-state index is 0.826. The zero-order chi connectivity index (χ0) is 21.6. The average molecular weight is 433 g/mol. The normalized spacial score (nSPS) is 18.0. The summed E-state index contributed by atoms with van der Waals surface area (Å²) < 4.78 is 0. The molecule has 0 unspecified atom stereocenters. The molecule has 0 atom stereocenters. The summed E-state index contributed by atoms with van der Waals surface area (Å²) >= 11 is 0. The minimum Gasteiger partial charge on any atom is -0.341 e. The van der Waals surface area contributed by atoms with Gasteiger partial charge in [-0.15, -0.1) is 0 Å². The molecule has 1 saturated heterocycles. The third kappa shape index (κ3) is 5.34. The van der Waals surface area contributed by atoms with Gasteiger partial charge < -0.3 is 20.6 Å². The highest BCUT2D eigenvalue weighted by atomic mass is 15.2. The number of para-hydroxylation sites is 4. The molecule has 1 aliphatic rings. The van der Waals surface area contributed by atoms with Crippen molar-refractivity contribution in [2.24, 2.45) is 0 Å². The fourth-order valence-corrected chi connectivity index (χ4v) is 4.31. The molecular formula is C24H32N8. The Labute approximate surface area is 188 Å². The van der Waals surface area contributed by atoms with Crippen molar-refractivity contribution in [3.05, 3.63) is 60.2 Å². The SMILES string of the molecule is c1ccc2[nH]c(CN3CCNCCNCCN(Cc4nc5ccccc5[nH]4)CC3)nc2c1. The molecule has 0 spiro atoms. The van der Waals surface area contributed by atoms with E-state index in [1.54, 1.807) is 0 Å². The van der Waals surface area contributed by atoms with Crippen LogP contribution < -0.4 is 10.6 Å². The van der Waals surface area contributed by atoms with Crippen LogP contribution in [0.5, 0.6) is 0 Å². The van der Waals surface area contributed by atoms with Crippen LogP contribution in [0.3, 0.4) is 0 Å². The maximum atomic E-state index is 4.79. The Hall–Kier alpha value is -2.78. The van der Waals surface area contributed by atoms with Gasteiger partial charge >= 0.3 is 0 Å².